The van der Waals surface area contributed by atoms with Crippen molar-refractivity contribution in [3.63, 3.8) is 0 Å². The van der Waals surface area contributed by atoms with E-state index < -0.39 is 0 Å². The smallest absolute Gasteiger partial charge is 0.0488 e. The van der Waals surface area contributed by atoms with Crippen LogP contribution >= 0.6 is 0 Å². The first-order valence-corrected chi connectivity index (χ1v) is 9.28. The second-order valence-electron chi connectivity index (χ2n) is 6.86. The number of hydrogen-bond acceptors (Lipinski definition) is 1. The van der Waals surface area contributed by atoms with Gasteiger partial charge in [-0.3, -0.25) is 0 Å². The van der Waals surface area contributed by atoms with Crippen molar-refractivity contribution in [1.29, 1.82) is 0 Å². The minimum absolute atomic E-state index is 1.18. The van der Waals surface area contributed by atoms with Crippen LogP contribution in [0, 0.1) is 6.92 Å². The maximum absolute atomic E-state index is 2.30. The quantitative estimate of drug-likeness (QED) is 0.380. The van der Waals surface area contributed by atoms with Gasteiger partial charge in [0.1, 0.15) is 0 Å². The van der Waals surface area contributed by atoms with Gasteiger partial charge in [-0.1, -0.05) is 84.4 Å². The molecule has 0 fully saturated rings. The van der Waals surface area contributed by atoms with Gasteiger partial charge >= 0.3 is 0 Å². The van der Waals surface area contributed by atoms with E-state index in [0.717, 1.165) is 0 Å². The molecule has 4 aromatic carbocycles. The Bertz CT molecular complexity index is 1020. The summed E-state index contributed by atoms with van der Waals surface area (Å²) < 4.78 is 0. The number of benzene rings is 4. The maximum Gasteiger partial charge on any atom is 0.0488 e. The van der Waals surface area contributed by atoms with Crippen LogP contribution in [0.15, 0.2) is 103 Å². The average molecular weight is 349 g/mol. The van der Waals surface area contributed by atoms with Gasteiger partial charge in [-0.05, 0) is 47.9 Å². The first-order valence-electron chi connectivity index (χ1n) is 9.28. The van der Waals surface area contributed by atoms with Crippen molar-refractivity contribution >= 4 is 11.4 Å². The van der Waals surface area contributed by atoms with E-state index in [0.29, 0.717) is 0 Å². The van der Waals surface area contributed by atoms with Crippen molar-refractivity contribution in [2.45, 2.75) is 6.92 Å². The maximum atomic E-state index is 2.30. The Hall–Kier alpha value is -3.32. The van der Waals surface area contributed by atoms with Crippen LogP contribution in [0.25, 0.3) is 22.3 Å². The number of hydrogen-bond donors (Lipinski definition) is 0. The molecule has 1 nitrogen and oxygen atoms in total. The fourth-order valence-electron chi connectivity index (χ4n) is 3.39. The summed E-state index contributed by atoms with van der Waals surface area (Å²) in [6.45, 7) is 2.12. The Morgan fingerprint density at radius 3 is 1.81 bits per heavy atom. The lowest BCUT2D eigenvalue weighted by molar-refractivity contribution is 1.21. The first-order chi connectivity index (χ1) is 13.2. The highest BCUT2D eigenvalue weighted by Crippen LogP contribution is 2.37. The molecule has 0 N–H and O–H groups in total. The molecule has 132 valence electrons. The van der Waals surface area contributed by atoms with Crippen molar-refractivity contribution in [2.24, 2.45) is 0 Å². The Labute approximate surface area is 161 Å². The van der Waals surface area contributed by atoms with Gasteiger partial charge in [0.2, 0.25) is 0 Å². The van der Waals surface area contributed by atoms with E-state index >= 15 is 0 Å². The molecule has 4 aromatic rings. The number of anilines is 2. The number of para-hydroxylation sites is 1. The SMILES string of the molecule is Cc1ccc(-c2ccc(N(C)c3ccccc3)c(-c3ccccc3)c2)cc1. The molecule has 0 bridgehead atoms. The molecule has 0 atom stereocenters. The Morgan fingerprint density at radius 2 is 1.15 bits per heavy atom. The van der Waals surface area contributed by atoms with Gasteiger partial charge in [-0.15, -0.1) is 0 Å². The highest BCUT2D eigenvalue weighted by Gasteiger charge is 2.12. The predicted molar refractivity (Wildman–Crippen MR) is 117 cm³/mol. The second kappa shape index (κ2) is 7.51. The van der Waals surface area contributed by atoms with E-state index in [-0.39, 0.29) is 0 Å². The molecule has 0 aliphatic carbocycles. The van der Waals surface area contributed by atoms with Gasteiger partial charge in [0.25, 0.3) is 0 Å². The fourth-order valence-corrected chi connectivity index (χ4v) is 3.39. The lowest BCUT2D eigenvalue weighted by Gasteiger charge is -2.23. The molecule has 4 rings (SSSR count). The highest BCUT2D eigenvalue weighted by atomic mass is 15.1. The molecule has 0 amide bonds. The van der Waals surface area contributed by atoms with Crippen LogP contribution in [0.3, 0.4) is 0 Å². The third kappa shape index (κ3) is 3.63. The predicted octanol–water partition coefficient (Wildman–Crippen LogP) is 7.10. The summed E-state index contributed by atoms with van der Waals surface area (Å²) in [5.74, 6) is 0. The molecule has 0 saturated heterocycles. The summed E-state index contributed by atoms with van der Waals surface area (Å²) in [6.07, 6.45) is 0. The highest BCUT2D eigenvalue weighted by molar-refractivity contribution is 5.86. The van der Waals surface area contributed by atoms with Crippen molar-refractivity contribution in [1.82, 2.24) is 0 Å². The summed E-state index contributed by atoms with van der Waals surface area (Å²) in [5.41, 5.74) is 8.60. The third-order valence-corrected chi connectivity index (χ3v) is 4.97. The van der Waals surface area contributed by atoms with E-state index in [1.165, 1.54) is 39.2 Å². The van der Waals surface area contributed by atoms with Gasteiger partial charge in [-0.2, -0.15) is 0 Å². The van der Waals surface area contributed by atoms with E-state index in [2.05, 4.69) is 122 Å². The lowest BCUT2D eigenvalue weighted by Crippen LogP contribution is -2.10. The molecule has 0 aromatic heterocycles. The van der Waals surface area contributed by atoms with E-state index in [1.54, 1.807) is 0 Å². The van der Waals surface area contributed by atoms with Crippen LogP contribution < -0.4 is 4.90 Å². The minimum Gasteiger partial charge on any atom is -0.344 e. The molecule has 0 saturated carbocycles. The van der Waals surface area contributed by atoms with Gasteiger partial charge in [-0.25, -0.2) is 0 Å². The molecule has 0 aliphatic heterocycles. The normalized spacial score (nSPS) is 10.6. The minimum atomic E-state index is 1.18. The summed E-state index contributed by atoms with van der Waals surface area (Å²) >= 11 is 0. The molecule has 0 aliphatic rings. The van der Waals surface area contributed by atoms with Crippen molar-refractivity contribution < 1.29 is 0 Å². The van der Waals surface area contributed by atoms with E-state index in [4.69, 9.17) is 0 Å². The second-order valence-corrected chi connectivity index (χ2v) is 6.86. The molecular weight excluding hydrogens is 326 g/mol. The molecule has 0 spiro atoms. The van der Waals surface area contributed by atoms with Crippen LogP contribution in [-0.2, 0) is 0 Å². The van der Waals surface area contributed by atoms with Crippen LogP contribution in [-0.4, -0.2) is 7.05 Å². The number of rotatable bonds is 4. The molecule has 0 unspecified atom stereocenters. The zero-order chi connectivity index (χ0) is 18.6. The monoisotopic (exact) mass is 349 g/mol. The van der Waals surface area contributed by atoms with Crippen molar-refractivity contribution in [3.8, 4) is 22.3 Å². The largest absolute Gasteiger partial charge is 0.344 e. The van der Waals surface area contributed by atoms with Crippen molar-refractivity contribution in [2.75, 3.05) is 11.9 Å². The van der Waals surface area contributed by atoms with Crippen LogP contribution in [0.1, 0.15) is 5.56 Å². The first kappa shape index (κ1) is 17.1. The molecule has 1 heteroatoms. The topological polar surface area (TPSA) is 3.24 Å². The van der Waals surface area contributed by atoms with Crippen molar-refractivity contribution in [3.05, 3.63) is 109 Å². The molecule has 0 heterocycles. The molecular formula is C26H23N. The summed E-state index contributed by atoms with van der Waals surface area (Å²) in [5, 5.41) is 0. The lowest BCUT2D eigenvalue weighted by atomic mass is 9.96. The van der Waals surface area contributed by atoms with Gasteiger partial charge in [0.05, 0.1) is 0 Å². The fraction of sp³-hybridized carbons (Fsp3) is 0.0769. The summed E-state index contributed by atoms with van der Waals surface area (Å²) in [4.78, 5) is 2.25. The van der Waals surface area contributed by atoms with Crippen LogP contribution in [0.2, 0.25) is 0 Å². The number of nitrogens with zero attached hydrogens (tertiary/aromatic N) is 1. The van der Waals surface area contributed by atoms with Gasteiger partial charge in [0, 0.05) is 24.0 Å². The average Bonchev–Trinajstić information content (AvgIpc) is 2.75. The zero-order valence-corrected chi connectivity index (χ0v) is 15.8. The Kier molecular flexibility index (Phi) is 4.76. The number of aryl methyl sites for hydroxylation is 1. The van der Waals surface area contributed by atoms with E-state index in [9.17, 15) is 0 Å². The third-order valence-electron chi connectivity index (χ3n) is 4.97. The standard InChI is InChI=1S/C26H23N/c1-20-13-15-21(16-14-20)23-17-18-26(27(2)24-11-7-4-8-12-24)25(19-23)22-9-5-3-6-10-22/h3-19H,1-2H3. The van der Waals surface area contributed by atoms with Crippen LogP contribution in [0.4, 0.5) is 11.4 Å². The Morgan fingerprint density at radius 1 is 0.556 bits per heavy atom. The zero-order valence-electron chi connectivity index (χ0n) is 15.8. The molecule has 27 heavy (non-hydrogen) atoms. The molecule has 0 radical (unpaired) electrons. The van der Waals surface area contributed by atoms with Gasteiger partial charge in [0.15, 0.2) is 0 Å². The van der Waals surface area contributed by atoms with E-state index in [1.807, 2.05) is 0 Å². The summed E-state index contributed by atoms with van der Waals surface area (Å²) in [6, 6.07) is 36.6. The van der Waals surface area contributed by atoms with Gasteiger partial charge < -0.3 is 4.90 Å². The Balaban J connectivity index is 1.85. The summed E-state index contributed by atoms with van der Waals surface area (Å²) in [7, 11) is 2.13. The van der Waals surface area contributed by atoms with Crippen LogP contribution in [0.5, 0.6) is 0 Å².